The topological polar surface area (TPSA) is 126 Å². The molecular formula is C19H34O8. The van der Waals surface area contributed by atoms with Crippen LogP contribution in [0, 0.1) is 0 Å². The summed E-state index contributed by atoms with van der Waals surface area (Å²) in [6.45, 7) is 1.06. The van der Waals surface area contributed by atoms with Crippen LogP contribution >= 0.6 is 0 Å². The number of hydrogen-bond donors (Lipinski definition) is 4. The minimum Gasteiger partial charge on any atom is -0.487 e. The fourth-order valence-corrected chi connectivity index (χ4v) is 2.73. The number of rotatable bonds is 16. The fourth-order valence-electron chi connectivity index (χ4n) is 2.73. The first-order valence-corrected chi connectivity index (χ1v) is 9.83. The summed E-state index contributed by atoms with van der Waals surface area (Å²) in [7, 11) is 0. The molecular weight excluding hydrogens is 356 g/mol. The molecule has 1 aliphatic heterocycles. The van der Waals surface area contributed by atoms with Gasteiger partial charge in [0.05, 0.1) is 19.8 Å². The lowest BCUT2D eigenvalue weighted by Gasteiger charge is -2.19. The quantitative estimate of drug-likeness (QED) is 0.227. The number of hydrogen-bond acceptors (Lipinski definition) is 8. The molecule has 0 saturated carbocycles. The van der Waals surface area contributed by atoms with Gasteiger partial charge in [-0.2, -0.15) is 0 Å². The smallest absolute Gasteiger partial charge is 0.378 e. The van der Waals surface area contributed by atoms with Crippen molar-refractivity contribution < 1.29 is 39.4 Å². The zero-order chi connectivity index (χ0) is 20.1. The van der Waals surface area contributed by atoms with E-state index in [2.05, 4.69) is 6.92 Å². The van der Waals surface area contributed by atoms with Crippen molar-refractivity contribution in [3.63, 3.8) is 0 Å². The molecule has 0 fully saturated rings. The van der Waals surface area contributed by atoms with E-state index in [1.807, 2.05) is 0 Å². The van der Waals surface area contributed by atoms with Gasteiger partial charge in [0.25, 0.3) is 0 Å². The largest absolute Gasteiger partial charge is 0.487 e. The third kappa shape index (κ3) is 8.47. The van der Waals surface area contributed by atoms with Crippen molar-refractivity contribution in [3.05, 3.63) is 11.5 Å². The van der Waals surface area contributed by atoms with E-state index in [4.69, 9.17) is 24.4 Å². The van der Waals surface area contributed by atoms with Gasteiger partial charge >= 0.3 is 5.97 Å². The number of esters is 1. The summed E-state index contributed by atoms with van der Waals surface area (Å²) in [5, 5.41) is 37.2. The summed E-state index contributed by atoms with van der Waals surface area (Å²) in [5.41, 5.74) is 0. The van der Waals surface area contributed by atoms with E-state index < -0.39 is 37.5 Å². The Kier molecular flexibility index (Phi) is 12.1. The first-order chi connectivity index (χ1) is 13.0. The molecule has 0 saturated heterocycles. The van der Waals surface area contributed by atoms with Crippen molar-refractivity contribution in [2.24, 2.45) is 0 Å². The molecule has 0 aromatic rings. The van der Waals surface area contributed by atoms with Crippen molar-refractivity contribution in [1.82, 2.24) is 0 Å². The molecule has 4 N–H and O–H groups in total. The number of unbranched alkanes of at least 4 members (excludes halogenated alkanes) is 7. The van der Waals surface area contributed by atoms with Gasteiger partial charge in [0.1, 0.15) is 18.8 Å². The van der Waals surface area contributed by atoms with E-state index in [-0.39, 0.29) is 18.1 Å². The molecule has 8 heteroatoms. The Bertz CT molecular complexity index is 451. The summed E-state index contributed by atoms with van der Waals surface area (Å²) in [6, 6.07) is 0. The minimum absolute atomic E-state index is 0.0615. The van der Waals surface area contributed by atoms with Gasteiger partial charge in [-0.15, -0.1) is 0 Å². The SMILES string of the molecule is CCCCCCCCCCOC1=C(OCC(O)CO)[C@@H]([C@@H](O)CO)OC1=O. The molecule has 158 valence electrons. The molecule has 0 bridgehead atoms. The molecule has 8 nitrogen and oxygen atoms in total. The van der Waals surface area contributed by atoms with Gasteiger partial charge in [-0.25, -0.2) is 4.79 Å². The van der Waals surface area contributed by atoms with Crippen LogP contribution in [0.3, 0.4) is 0 Å². The van der Waals surface area contributed by atoms with Crippen LogP contribution in [-0.4, -0.2) is 71.1 Å². The van der Waals surface area contributed by atoms with Gasteiger partial charge in [-0.1, -0.05) is 51.9 Å². The average molecular weight is 390 g/mol. The van der Waals surface area contributed by atoms with E-state index in [0.717, 1.165) is 19.3 Å². The average Bonchev–Trinajstić information content (AvgIpc) is 2.99. The van der Waals surface area contributed by atoms with Gasteiger partial charge < -0.3 is 34.6 Å². The summed E-state index contributed by atoms with van der Waals surface area (Å²) in [4.78, 5) is 12.0. The van der Waals surface area contributed by atoms with Gasteiger partial charge in [0.2, 0.25) is 5.76 Å². The highest BCUT2D eigenvalue weighted by Crippen LogP contribution is 2.27. The minimum atomic E-state index is -1.36. The van der Waals surface area contributed by atoms with Crippen molar-refractivity contribution in [3.8, 4) is 0 Å². The van der Waals surface area contributed by atoms with E-state index in [1.165, 1.54) is 32.1 Å². The number of aliphatic hydroxyl groups excluding tert-OH is 4. The van der Waals surface area contributed by atoms with Crippen LogP contribution in [0.25, 0.3) is 0 Å². The van der Waals surface area contributed by atoms with E-state index in [0.29, 0.717) is 6.61 Å². The molecule has 0 amide bonds. The van der Waals surface area contributed by atoms with Crippen LogP contribution in [0.2, 0.25) is 0 Å². The highest BCUT2D eigenvalue weighted by Gasteiger charge is 2.42. The highest BCUT2D eigenvalue weighted by molar-refractivity contribution is 5.89. The van der Waals surface area contributed by atoms with Crippen LogP contribution < -0.4 is 0 Å². The van der Waals surface area contributed by atoms with Crippen molar-refractivity contribution in [1.29, 1.82) is 0 Å². The summed E-state index contributed by atoms with van der Waals surface area (Å²) >= 11 is 0. The van der Waals surface area contributed by atoms with Crippen molar-refractivity contribution in [2.45, 2.75) is 76.6 Å². The molecule has 1 rings (SSSR count). The summed E-state index contributed by atoms with van der Waals surface area (Å²) in [6.07, 6.45) is 5.34. The normalized spacial score (nSPS) is 19.1. The Morgan fingerprint density at radius 3 is 2.19 bits per heavy atom. The maximum atomic E-state index is 12.0. The van der Waals surface area contributed by atoms with Crippen molar-refractivity contribution >= 4 is 5.97 Å². The molecule has 1 heterocycles. The third-order valence-electron chi connectivity index (χ3n) is 4.32. The van der Waals surface area contributed by atoms with E-state index in [9.17, 15) is 15.0 Å². The molecule has 27 heavy (non-hydrogen) atoms. The maximum Gasteiger partial charge on any atom is 0.378 e. The number of carbonyl (C=O) groups is 1. The molecule has 3 atom stereocenters. The molecule has 0 spiro atoms. The Labute approximate surface area is 160 Å². The first-order valence-electron chi connectivity index (χ1n) is 9.83. The number of carbonyl (C=O) groups excluding carboxylic acids is 1. The standard InChI is InChI=1S/C19H34O8/c1-2-3-4-5-6-7-8-9-10-25-18-17(26-13-14(22)11-20)16(15(23)12-21)27-19(18)24/h14-16,20-23H,2-13H2,1H3/t14?,15-,16+/m0/s1. The highest BCUT2D eigenvalue weighted by atomic mass is 16.6. The van der Waals surface area contributed by atoms with Gasteiger partial charge in [-0.3, -0.25) is 0 Å². The Morgan fingerprint density at radius 1 is 0.963 bits per heavy atom. The summed E-state index contributed by atoms with van der Waals surface area (Å²) in [5.74, 6) is -0.991. The zero-order valence-corrected chi connectivity index (χ0v) is 16.1. The lowest BCUT2D eigenvalue weighted by atomic mass is 10.1. The number of ether oxygens (including phenoxy) is 3. The van der Waals surface area contributed by atoms with Gasteiger partial charge in [0.15, 0.2) is 11.9 Å². The maximum absolute atomic E-state index is 12.0. The van der Waals surface area contributed by atoms with Crippen LogP contribution in [0.4, 0.5) is 0 Å². The fraction of sp³-hybridized carbons (Fsp3) is 0.842. The predicted octanol–water partition coefficient (Wildman–Crippen LogP) is 1.00. The van der Waals surface area contributed by atoms with Crippen LogP contribution in [0.5, 0.6) is 0 Å². The lowest BCUT2D eigenvalue weighted by molar-refractivity contribution is -0.148. The van der Waals surface area contributed by atoms with Gasteiger partial charge in [-0.05, 0) is 6.42 Å². The zero-order valence-electron chi connectivity index (χ0n) is 16.1. The number of aliphatic hydroxyl groups is 4. The van der Waals surface area contributed by atoms with Gasteiger partial charge in [0, 0.05) is 0 Å². The lowest BCUT2D eigenvalue weighted by Crippen LogP contribution is -2.33. The summed E-state index contributed by atoms with van der Waals surface area (Å²) < 4.78 is 15.9. The molecule has 0 radical (unpaired) electrons. The second kappa shape index (κ2) is 13.8. The second-order valence-electron chi connectivity index (χ2n) is 6.74. The third-order valence-corrected chi connectivity index (χ3v) is 4.32. The first kappa shape index (κ1) is 23.7. The Balaban J connectivity index is 2.49. The van der Waals surface area contributed by atoms with Crippen molar-refractivity contribution in [2.75, 3.05) is 26.4 Å². The monoisotopic (exact) mass is 390 g/mol. The Hall–Kier alpha value is -1.35. The molecule has 1 aliphatic rings. The molecule has 0 aromatic heterocycles. The van der Waals surface area contributed by atoms with Crippen LogP contribution in [0.1, 0.15) is 58.3 Å². The molecule has 0 aromatic carbocycles. The molecule has 1 unspecified atom stereocenters. The van der Waals surface area contributed by atoms with E-state index >= 15 is 0 Å². The Morgan fingerprint density at radius 2 is 1.59 bits per heavy atom. The predicted molar refractivity (Wildman–Crippen MR) is 97.6 cm³/mol. The second-order valence-corrected chi connectivity index (χ2v) is 6.74. The van der Waals surface area contributed by atoms with E-state index in [1.54, 1.807) is 0 Å². The van der Waals surface area contributed by atoms with Crippen LogP contribution in [0.15, 0.2) is 11.5 Å². The van der Waals surface area contributed by atoms with Crippen LogP contribution in [-0.2, 0) is 19.0 Å². The number of cyclic esters (lactones) is 1. The molecule has 0 aliphatic carbocycles.